The molecule has 0 fully saturated rings. The molecular formula is C45H28N4S. The van der Waals surface area contributed by atoms with Gasteiger partial charge in [-0.2, -0.15) is 0 Å². The first-order valence-electron chi connectivity index (χ1n) is 16.7. The van der Waals surface area contributed by atoms with E-state index in [4.69, 9.17) is 15.0 Å². The van der Waals surface area contributed by atoms with E-state index in [2.05, 4.69) is 132 Å². The van der Waals surface area contributed by atoms with Gasteiger partial charge in [-0.1, -0.05) is 157 Å². The third-order valence-corrected chi connectivity index (χ3v) is 11.1. The molecule has 0 N–H and O–H groups in total. The summed E-state index contributed by atoms with van der Waals surface area (Å²) >= 11 is 1.81. The summed E-state index contributed by atoms with van der Waals surface area (Å²) in [5.41, 5.74) is 12.1. The summed E-state index contributed by atoms with van der Waals surface area (Å²) in [5.74, 6) is 1.93. The SMILES string of the molecule is c1ccc(-c2nc(-c3ccc(-c4ccccn4)cc3)nc(-c3cccc4c3Sc3ccccc3C43c4ccccc4-c4ccccc43)n2)cc1. The molecule has 5 heteroatoms. The Morgan fingerprint density at radius 1 is 0.380 bits per heavy atom. The topological polar surface area (TPSA) is 51.6 Å². The van der Waals surface area contributed by atoms with E-state index in [0.717, 1.165) is 27.9 Å². The molecule has 2 aromatic heterocycles. The highest BCUT2D eigenvalue weighted by atomic mass is 32.2. The Hall–Kier alpha value is -6.17. The van der Waals surface area contributed by atoms with Gasteiger partial charge in [0.2, 0.25) is 0 Å². The van der Waals surface area contributed by atoms with E-state index in [0.29, 0.717) is 17.5 Å². The van der Waals surface area contributed by atoms with Crippen molar-refractivity contribution in [1.29, 1.82) is 0 Å². The molecule has 1 aliphatic carbocycles. The van der Waals surface area contributed by atoms with Gasteiger partial charge < -0.3 is 0 Å². The minimum Gasteiger partial charge on any atom is -0.256 e. The van der Waals surface area contributed by atoms with Gasteiger partial charge in [-0.25, -0.2) is 15.0 Å². The maximum atomic E-state index is 5.22. The van der Waals surface area contributed by atoms with Gasteiger partial charge in [0.05, 0.1) is 11.1 Å². The molecule has 1 spiro atoms. The first kappa shape index (κ1) is 28.8. The van der Waals surface area contributed by atoms with Crippen LogP contribution in [0.25, 0.3) is 56.5 Å². The van der Waals surface area contributed by atoms with Crippen LogP contribution < -0.4 is 0 Å². The van der Waals surface area contributed by atoms with E-state index in [9.17, 15) is 0 Å². The monoisotopic (exact) mass is 656 g/mol. The summed E-state index contributed by atoms with van der Waals surface area (Å²) in [6.07, 6.45) is 1.82. The van der Waals surface area contributed by atoms with Gasteiger partial charge in [0.15, 0.2) is 17.5 Å². The predicted octanol–water partition coefficient (Wildman–Crippen LogP) is 10.8. The average Bonchev–Trinajstić information content (AvgIpc) is 3.49. The number of benzene rings is 6. The van der Waals surface area contributed by atoms with E-state index in [1.165, 1.54) is 43.2 Å². The maximum absolute atomic E-state index is 5.22. The van der Waals surface area contributed by atoms with Crippen LogP contribution in [0.5, 0.6) is 0 Å². The van der Waals surface area contributed by atoms with Crippen LogP contribution in [0.3, 0.4) is 0 Å². The molecule has 6 aromatic carbocycles. The van der Waals surface area contributed by atoms with Crippen molar-refractivity contribution in [3.63, 3.8) is 0 Å². The van der Waals surface area contributed by atoms with Crippen LogP contribution in [0.1, 0.15) is 22.3 Å². The Morgan fingerprint density at radius 2 is 0.920 bits per heavy atom. The predicted molar refractivity (Wildman–Crippen MR) is 201 cm³/mol. The molecule has 0 saturated carbocycles. The third-order valence-electron chi connectivity index (χ3n) is 9.89. The van der Waals surface area contributed by atoms with E-state index < -0.39 is 5.41 Å². The fraction of sp³-hybridized carbons (Fsp3) is 0.0222. The molecule has 50 heavy (non-hydrogen) atoms. The van der Waals surface area contributed by atoms with Gasteiger partial charge in [0.1, 0.15) is 0 Å². The summed E-state index contributed by atoms with van der Waals surface area (Å²) in [6.45, 7) is 0. The lowest BCUT2D eigenvalue weighted by molar-refractivity contribution is 0.722. The van der Waals surface area contributed by atoms with Crippen LogP contribution in [-0.2, 0) is 5.41 Å². The van der Waals surface area contributed by atoms with Gasteiger partial charge in [0, 0.05) is 38.2 Å². The molecule has 0 saturated heterocycles. The summed E-state index contributed by atoms with van der Waals surface area (Å²) in [6, 6.07) is 57.7. The fourth-order valence-electron chi connectivity index (χ4n) is 7.72. The average molecular weight is 657 g/mol. The zero-order valence-corrected chi connectivity index (χ0v) is 27.7. The standard InChI is InChI=1S/C45H28N4S/c1-2-13-30(14-3-1)42-47-43(31-26-24-29(25-27-31)39-22-10-11-28-46-39)49-44(48-42)34-17-12-21-38-41(34)50-40-23-9-8-20-37(40)45(38)35-18-6-4-15-32(35)33-16-5-7-19-36(33)45/h1-28H. The molecular weight excluding hydrogens is 629 g/mol. The summed E-state index contributed by atoms with van der Waals surface area (Å²) in [4.78, 5) is 22.4. The number of nitrogens with zero attached hydrogens (tertiary/aromatic N) is 4. The summed E-state index contributed by atoms with van der Waals surface area (Å²) in [5, 5.41) is 0. The van der Waals surface area contributed by atoms with Gasteiger partial charge in [-0.05, 0) is 51.6 Å². The molecule has 2 aliphatic rings. The molecule has 0 bridgehead atoms. The zero-order chi connectivity index (χ0) is 33.1. The number of rotatable bonds is 4. The van der Waals surface area contributed by atoms with Crippen molar-refractivity contribution < 1.29 is 0 Å². The Labute approximate surface area is 294 Å². The highest BCUT2D eigenvalue weighted by molar-refractivity contribution is 7.99. The molecule has 234 valence electrons. The van der Waals surface area contributed by atoms with E-state index in [-0.39, 0.29) is 0 Å². The van der Waals surface area contributed by atoms with Crippen molar-refractivity contribution in [3.05, 3.63) is 192 Å². The first-order chi connectivity index (χ1) is 24.8. The number of hydrogen-bond donors (Lipinski definition) is 0. The van der Waals surface area contributed by atoms with Crippen LogP contribution in [0, 0.1) is 0 Å². The van der Waals surface area contributed by atoms with E-state index in [1.807, 2.05) is 54.4 Å². The fourth-order valence-corrected chi connectivity index (χ4v) is 9.02. The lowest BCUT2D eigenvalue weighted by atomic mass is 9.67. The Morgan fingerprint density at radius 3 is 1.62 bits per heavy atom. The molecule has 0 radical (unpaired) electrons. The van der Waals surface area contributed by atoms with Gasteiger partial charge >= 0.3 is 0 Å². The molecule has 4 nitrogen and oxygen atoms in total. The quantitative estimate of drug-likeness (QED) is 0.189. The van der Waals surface area contributed by atoms with Gasteiger partial charge in [-0.3, -0.25) is 4.98 Å². The van der Waals surface area contributed by atoms with E-state index in [1.54, 1.807) is 0 Å². The zero-order valence-electron chi connectivity index (χ0n) is 26.9. The second-order valence-electron chi connectivity index (χ2n) is 12.6. The minimum absolute atomic E-state index is 0.472. The molecule has 3 heterocycles. The second-order valence-corrected chi connectivity index (χ2v) is 13.6. The van der Waals surface area contributed by atoms with Crippen molar-refractivity contribution in [2.75, 3.05) is 0 Å². The number of fused-ring (bicyclic) bond motifs is 9. The third kappa shape index (κ3) is 4.34. The molecule has 8 aromatic rings. The highest BCUT2D eigenvalue weighted by Gasteiger charge is 2.50. The molecule has 0 amide bonds. The lowest BCUT2D eigenvalue weighted by Gasteiger charge is -2.40. The van der Waals surface area contributed by atoms with E-state index >= 15 is 0 Å². The minimum atomic E-state index is -0.472. The normalized spacial score (nSPS) is 13.3. The van der Waals surface area contributed by atoms with Crippen molar-refractivity contribution in [2.24, 2.45) is 0 Å². The van der Waals surface area contributed by atoms with Crippen molar-refractivity contribution in [1.82, 2.24) is 19.9 Å². The summed E-state index contributed by atoms with van der Waals surface area (Å²) in [7, 11) is 0. The Balaban J connectivity index is 1.21. The summed E-state index contributed by atoms with van der Waals surface area (Å²) < 4.78 is 0. The van der Waals surface area contributed by atoms with Crippen LogP contribution in [0.15, 0.2) is 180 Å². The van der Waals surface area contributed by atoms with Crippen LogP contribution in [0.2, 0.25) is 0 Å². The number of aromatic nitrogens is 4. The van der Waals surface area contributed by atoms with Crippen LogP contribution in [-0.4, -0.2) is 19.9 Å². The van der Waals surface area contributed by atoms with Crippen LogP contribution >= 0.6 is 11.8 Å². The highest BCUT2D eigenvalue weighted by Crippen LogP contribution is 2.63. The Bertz CT molecular complexity index is 2520. The molecule has 10 rings (SSSR count). The van der Waals surface area contributed by atoms with Crippen LogP contribution in [0.4, 0.5) is 0 Å². The second kappa shape index (κ2) is 11.5. The Kier molecular flexibility index (Phi) is 6.61. The van der Waals surface area contributed by atoms with Gasteiger partial charge in [-0.15, -0.1) is 0 Å². The number of pyridine rings is 1. The maximum Gasteiger partial charge on any atom is 0.165 e. The lowest BCUT2D eigenvalue weighted by Crippen LogP contribution is -2.32. The largest absolute Gasteiger partial charge is 0.256 e. The smallest absolute Gasteiger partial charge is 0.165 e. The van der Waals surface area contributed by atoms with Crippen molar-refractivity contribution in [2.45, 2.75) is 15.2 Å². The molecule has 1 aliphatic heterocycles. The first-order valence-corrected chi connectivity index (χ1v) is 17.5. The number of hydrogen-bond acceptors (Lipinski definition) is 5. The van der Waals surface area contributed by atoms with Crippen molar-refractivity contribution in [3.8, 4) is 56.5 Å². The van der Waals surface area contributed by atoms with Gasteiger partial charge in [0.25, 0.3) is 0 Å². The molecule has 0 atom stereocenters. The molecule has 0 unspecified atom stereocenters. The van der Waals surface area contributed by atoms with Crippen molar-refractivity contribution >= 4 is 11.8 Å².